The van der Waals surface area contributed by atoms with Gasteiger partial charge in [0, 0.05) is 16.2 Å². The zero-order valence-corrected chi connectivity index (χ0v) is 11.6. The molecule has 1 aromatic carbocycles. The van der Waals surface area contributed by atoms with Crippen molar-refractivity contribution in [2.24, 2.45) is 0 Å². The molecule has 0 saturated heterocycles. The van der Waals surface area contributed by atoms with Crippen LogP contribution in [0.25, 0.3) is 0 Å². The Kier molecular flexibility index (Phi) is 4.02. The fraction of sp³-hybridized carbons (Fsp3) is 0.500. The third kappa shape index (κ3) is 3.29. The highest BCUT2D eigenvalue weighted by molar-refractivity contribution is 8.13. The summed E-state index contributed by atoms with van der Waals surface area (Å²) < 4.78 is 33.4. The van der Waals surface area contributed by atoms with Crippen molar-refractivity contribution in [3.05, 3.63) is 23.8 Å². The first kappa shape index (κ1) is 13.5. The first-order chi connectivity index (χ1) is 8.49. The lowest BCUT2D eigenvalue weighted by molar-refractivity contribution is 0.115. The van der Waals surface area contributed by atoms with Gasteiger partial charge in [-0.2, -0.15) is 0 Å². The molecule has 0 unspecified atom stereocenters. The number of methoxy groups -OCH3 is 1. The maximum absolute atomic E-state index is 11.2. The first-order valence-corrected chi connectivity index (χ1v) is 8.22. The number of halogens is 1. The summed E-state index contributed by atoms with van der Waals surface area (Å²) in [7, 11) is 3.21. The van der Waals surface area contributed by atoms with Gasteiger partial charge in [0.05, 0.1) is 19.0 Å². The Morgan fingerprint density at radius 3 is 2.61 bits per heavy atom. The van der Waals surface area contributed by atoms with Gasteiger partial charge in [-0.3, -0.25) is 0 Å². The van der Waals surface area contributed by atoms with E-state index in [1.165, 1.54) is 7.11 Å². The molecule has 1 aliphatic carbocycles. The van der Waals surface area contributed by atoms with Crippen LogP contribution in [0.1, 0.15) is 24.8 Å². The Bertz CT molecular complexity index is 523. The van der Waals surface area contributed by atoms with E-state index in [9.17, 15) is 8.42 Å². The molecule has 0 radical (unpaired) electrons. The second kappa shape index (κ2) is 5.36. The Morgan fingerprint density at radius 1 is 1.39 bits per heavy atom. The molecule has 2 rings (SSSR count). The maximum atomic E-state index is 11.2. The van der Waals surface area contributed by atoms with Gasteiger partial charge in [0.1, 0.15) is 0 Å². The van der Waals surface area contributed by atoms with Crippen molar-refractivity contribution in [3.8, 4) is 11.5 Å². The maximum Gasteiger partial charge on any atom is 0.236 e. The summed E-state index contributed by atoms with van der Waals surface area (Å²) in [5, 5.41) is 0. The van der Waals surface area contributed by atoms with Gasteiger partial charge in [-0.15, -0.1) is 0 Å². The standard InChI is InChI=1S/C12H15ClO4S/c1-16-11-7-2-4-9(8-18(13,14)15)12(11)17-10-5-3-6-10/h2,4,7,10H,3,5-6,8H2,1H3. The first-order valence-electron chi connectivity index (χ1n) is 5.74. The van der Waals surface area contributed by atoms with Crippen molar-refractivity contribution in [2.75, 3.05) is 7.11 Å². The number of ether oxygens (including phenoxy) is 2. The lowest BCUT2D eigenvalue weighted by Crippen LogP contribution is -2.25. The van der Waals surface area contributed by atoms with Gasteiger partial charge in [-0.05, 0) is 25.3 Å². The number of benzene rings is 1. The molecule has 1 fully saturated rings. The molecule has 0 spiro atoms. The van der Waals surface area contributed by atoms with Gasteiger partial charge in [0.2, 0.25) is 9.05 Å². The Hall–Kier alpha value is -0.940. The second-order valence-electron chi connectivity index (χ2n) is 4.30. The van der Waals surface area contributed by atoms with E-state index in [4.69, 9.17) is 20.2 Å². The zero-order valence-electron chi connectivity index (χ0n) is 10.1. The summed E-state index contributed by atoms with van der Waals surface area (Å²) in [6, 6.07) is 5.17. The average Bonchev–Trinajstić information content (AvgIpc) is 2.22. The van der Waals surface area contributed by atoms with Gasteiger partial charge < -0.3 is 9.47 Å². The quantitative estimate of drug-likeness (QED) is 0.783. The molecule has 18 heavy (non-hydrogen) atoms. The SMILES string of the molecule is COc1cccc(CS(=O)(=O)Cl)c1OC1CCC1. The van der Waals surface area contributed by atoms with Crippen LogP contribution in [-0.4, -0.2) is 21.6 Å². The van der Waals surface area contributed by atoms with Crippen LogP contribution in [0.2, 0.25) is 0 Å². The minimum absolute atomic E-state index is 0.151. The normalized spacial score (nSPS) is 16.1. The minimum atomic E-state index is -3.61. The molecule has 6 heteroatoms. The van der Waals surface area contributed by atoms with Crippen molar-refractivity contribution in [1.82, 2.24) is 0 Å². The molecule has 4 nitrogen and oxygen atoms in total. The summed E-state index contributed by atoms with van der Waals surface area (Å²) in [6.45, 7) is 0. The topological polar surface area (TPSA) is 52.6 Å². The van der Waals surface area contributed by atoms with E-state index in [0.29, 0.717) is 17.1 Å². The summed E-state index contributed by atoms with van der Waals surface area (Å²) >= 11 is 0. The van der Waals surface area contributed by atoms with Crippen molar-refractivity contribution < 1.29 is 17.9 Å². The predicted octanol–water partition coefficient (Wildman–Crippen LogP) is 2.70. The minimum Gasteiger partial charge on any atom is -0.493 e. The van der Waals surface area contributed by atoms with Crippen LogP contribution < -0.4 is 9.47 Å². The molecule has 1 aromatic rings. The largest absolute Gasteiger partial charge is 0.493 e. The highest BCUT2D eigenvalue weighted by Gasteiger charge is 2.23. The number of para-hydroxylation sites is 1. The van der Waals surface area contributed by atoms with Gasteiger partial charge in [-0.1, -0.05) is 12.1 Å². The van der Waals surface area contributed by atoms with Gasteiger partial charge >= 0.3 is 0 Å². The molecule has 1 aliphatic rings. The van der Waals surface area contributed by atoms with Crippen LogP contribution in [0.5, 0.6) is 11.5 Å². The molecule has 0 bridgehead atoms. The van der Waals surface area contributed by atoms with E-state index in [1.807, 2.05) is 0 Å². The van der Waals surface area contributed by atoms with Crippen molar-refractivity contribution >= 4 is 19.7 Å². The van der Waals surface area contributed by atoms with E-state index >= 15 is 0 Å². The van der Waals surface area contributed by atoms with Gasteiger partial charge in [-0.25, -0.2) is 8.42 Å². The summed E-state index contributed by atoms with van der Waals surface area (Å²) in [4.78, 5) is 0. The molecule has 0 heterocycles. The fourth-order valence-electron chi connectivity index (χ4n) is 1.81. The van der Waals surface area contributed by atoms with Crippen molar-refractivity contribution in [3.63, 3.8) is 0 Å². The molecular weight excluding hydrogens is 276 g/mol. The molecule has 1 saturated carbocycles. The molecule has 0 aromatic heterocycles. The van der Waals surface area contributed by atoms with Crippen LogP contribution >= 0.6 is 10.7 Å². The van der Waals surface area contributed by atoms with Crippen molar-refractivity contribution in [1.29, 1.82) is 0 Å². The summed E-state index contributed by atoms with van der Waals surface area (Å²) in [5.74, 6) is 0.780. The molecule has 0 N–H and O–H groups in total. The molecule has 100 valence electrons. The molecule has 0 atom stereocenters. The highest BCUT2D eigenvalue weighted by Crippen LogP contribution is 2.36. The third-order valence-electron chi connectivity index (χ3n) is 2.94. The van der Waals surface area contributed by atoms with E-state index in [0.717, 1.165) is 19.3 Å². The Labute approximate surface area is 111 Å². The monoisotopic (exact) mass is 290 g/mol. The Morgan fingerprint density at radius 2 is 2.11 bits per heavy atom. The van der Waals surface area contributed by atoms with E-state index in [2.05, 4.69) is 0 Å². The fourth-order valence-corrected chi connectivity index (χ4v) is 2.76. The molecular formula is C12H15ClO4S. The third-order valence-corrected chi connectivity index (χ3v) is 3.93. The van der Waals surface area contributed by atoms with E-state index in [-0.39, 0.29) is 11.9 Å². The highest BCUT2D eigenvalue weighted by atomic mass is 35.7. The van der Waals surface area contributed by atoms with Crippen LogP contribution in [0.4, 0.5) is 0 Å². The average molecular weight is 291 g/mol. The molecule has 0 amide bonds. The number of rotatable bonds is 5. The lowest BCUT2D eigenvalue weighted by Gasteiger charge is -2.28. The smallest absolute Gasteiger partial charge is 0.236 e. The number of hydrogen-bond acceptors (Lipinski definition) is 4. The van der Waals surface area contributed by atoms with Crippen LogP contribution in [-0.2, 0) is 14.8 Å². The summed E-state index contributed by atoms with van der Waals surface area (Å²) in [6.07, 6.45) is 3.28. The second-order valence-corrected chi connectivity index (χ2v) is 7.08. The van der Waals surface area contributed by atoms with Crippen LogP contribution in [0, 0.1) is 0 Å². The van der Waals surface area contributed by atoms with E-state index < -0.39 is 9.05 Å². The van der Waals surface area contributed by atoms with Crippen LogP contribution in [0.3, 0.4) is 0 Å². The lowest BCUT2D eigenvalue weighted by atomic mass is 9.96. The zero-order chi connectivity index (χ0) is 13.2. The van der Waals surface area contributed by atoms with E-state index in [1.54, 1.807) is 18.2 Å². The van der Waals surface area contributed by atoms with Crippen molar-refractivity contribution in [2.45, 2.75) is 31.1 Å². The number of hydrogen-bond donors (Lipinski definition) is 0. The Balaban J connectivity index is 2.31. The molecule has 0 aliphatic heterocycles. The summed E-state index contributed by atoms with van der Waals surface area (Å²) in [5.41, 5.74) is 0.538. The van der Waals surface area contributed by atoms with Gasteiger partial charge in [0.25, 0.3) is 0 Å². The van der Waals surface area contributed by atoms with Gasteiger partial charge in [0.15, 0.2) is 11.5 Å². The van der Waals surface area contributed by atoms with Crippen LogP contribution in [0.15, 0.2) is 18.2 Å². The predicted molar refractivity (Wildman–Crippen MR) is 69.7 cm³/mol.